The highest BCUT2D eigenvalue weighted by atomic mass is 35.5. The first-order valence-corrected chi connectivity index (χ1v) is 6.47. The summed E-state index contributed by atoms with van der Waals surface area (Å²) in [5.41, 5.74) is -0.109. The molecule has 1 aromatic carbocycles. The highest BCUT2D eigenvalue weighted by Gasteiger charge is 2.21. The van der Waals surface area contributed by atoms with E-state index < -0.39 is 11.7 Å². The molecule has 0 saturated heterocycles. The molecule has 0 unspecified atom stereocenters. The zero-order valence-electron chi connectivity index (χ0n) is 11.8. The molecule has 1 aromatic rings. The van der Waals surface area contributed by atoms with Crippen LogP contribution in [0.1, 0.15) is 24.2 Å². The van der Waals surface area contributed by atoms with Crippen molar-refractivity contribution in [1.29, 1.82) is 0 Å². The van der Waals surface area contributed by atoms with Gasteiger partial charge in [0.05, 0.1) is 5.56 Å². The number of carbonyl (C=O) groups excluding carboxylic acids is 1. The van der Waals surface area contributed by atoms with Crippen LogP contribution in [-0.2, 0) is 0 Å². The number of hydrogen-bond donors (Lipinski definition) is 1. The SMILES string of the molecule is CN(C)CC(C)(C)CNC(=O)c1cc(Cl)ccc1F. The number of amides is 1. The van der Waals surface area contributed by atoms with Crippen molar-refractivity contribution >= 4 is 17.5 Å². The molecule has 1 amide bonds. The third kappa shape index (κ3) is 5.17. The Morgan fingerprint density at radius 2 is 2.05 bits per heavy atom. The molecule has 5 heteroatoms. The van der Waals surface area contributed by atoms with E-state index >= 15 is 0 Å². The van der Waals surface area contributed by atoms with Gasteiger partial charge in [-0.2, -0.15) is 0 Å². The van der Waals surface area contributed by atoms with Gasteiger partial charge in [0.1, 0.15) is 5.82 Å². The highest BCUT2D eigenvalue weighted by Crippen LogP contribution is 2.17. The van der Waals surface area contributed by atoms with Crippen molar-refractivity contribution in [2.24, 2.45) is 5.41 Å². The largest absolute Gasteiger partial charge is 0.351 e. The minimum atomic E-state index is -0.563. The third-order valence-electron chi connectivity index (χ3n) is 2.64. The van der Waals surface area contributed by atoms with Gasteiger partial charge in [-0.05, 0) is 37.7 Å². The number of carbonyl (C=O) groups is 1. The average molecular weight is 287 g/mol. The molecule has 19 heavy (non-hydrogen) atoms. The predicted molar refractivity (Wildman–Crippen MR) is 76.1 cm³/mol. The normalized spacial score (nSPS) is 11.7. The maximum Gasteiger partial charge on any atom is 0.254 e. The fourth-order valence-electron chi connectivity index (χ4n) is 2.00. The monoisotopic (exact) mass is 286 g/mol. The van der Waals surface area contributed by atoms with Gasteiger partial charge >= 0.3 is 0 Å². The van der Waals surface area contributed by atoms with Crippen LogP contribution in [0, 0.1) is 11.2 Å². The Labute approximate surface area is 118 Å². The van der Waals surface area contributed by atoms with Crippen molar-refractivity contribution in [2.75, 3.05) is 27.2 Å². The summed E-state index contributed by atoms with van der Waals surface area (Å²) in [7, 11) is 3.94. The molecule has 0 spiro atoms. The highest BCUT2D eigenvalue weighted by molar-refractivity contribution is 6.30. The van der Waals surface area contributed by atoms with E-state index in [1.165, 1.54) is 18.2 Å². The van der Waals surface area contributed by atoms with Crippen LogP contribution in [0.25, 0.3) is 0 Å². The van der Waals surface area contributed by atoms with Gasteiger partial charge in [0.15, 0.2) is 0 Å². The fourth-order valence-corrected chi connectivity index (χ4v) is 2.17. The van der Waals surface area contributed by atoms with Crippen LogP contribution >= 0.6 is 11.6 Å². The number of nitrogens with one attached hydrogen (secondary N) is 1. The van der Waals surface area contributed by atoms with Crippen LogP contribution < -0.4 is 5.32 Å². The fraction of sp³-hybridized carbons (Fsp3) is 0.500. The van der Waals surface area contributed by atoms with E-state index in [0.29, 0.717) is 11.6 Å². The van der Waals surface area contributed by atoms with Gasteiger partial charge in [0.25, 0.3) is 5.91 Å². The molecule has 0 fully saturated rings. The van der Waals surface area contributed by atoms with E-state index in [1.54, 1.807) is 0 Å². The Morgan fingerprint density at radius 3 is 2.63 bits per heavy atom. The van der Waals surface area contributed by atoms with E-state index in [-0.39, 0.29) is 11.0 Å². The van der Waals surface area contributed by atoms with Crippen LogP contribution in [0.2, 0.25) is 5.02 Å². The van der Waals surface area contributed by atoms with Crippen LogP contribution in [0.3, 0.4) is 0 Å². The quantitative estimate of drug-likeness (QED) is 0.903. The topological polar surface area (TPSA) is 32.3 Å². The van der Waals surface area contributed by atoms with Crippen molar-refractivity contribution < 1.29 is 9.18 Å². The average Bonchev–Trinajstić information content (AvgIpc) is 2.27. The maximum atomic E-state index is 13.5. The first-order chi connectivity index (χ1) is 8.71. The molecule has 1 rings (SSSR count). The first kappa shape index (κ1) is 15.9. The summed E-state index contributed by atoms with van der Waals surface area (Å²) >= 11 is 5.77. The van der Waals surface area contributed by atoms with Gasteiger partial charge in [-0.25, -0.2) is 4.39 Å². The Balaban J connectivity index is 2.68. The molecular weight excluding hydrogens is 267 g/mol. The molecule has 0 heterocycles. The van der Waals surface area contributed by atoms with Crippen molar-refractivity contribution in [3.8, 4) is 0 Å². The molecule has 0 aliphatic carbocycles. The van der Waals surface area contributed by atoms with E-state index in [9.17, 15) is 9.18 Å². The summed E-state index contributed by atoms with van der Waals surface area (Å²) in [6.45, 7) is 5.38. The Bertz CT molecular complexity index is 461. The van der Waals surface area contributed by atoms with Crippen molar-refractivity contribution in [2.45, 2.75) is 13.8 Å². The second-order valence-electron chi connectivity index (χ2n) is 5.71. The molecule has 0 atom stereocenters. The van der Waals surface area contributed by atoms with Gasteiger partial charge in [-0.1, -0.05) is 25.4 Å². The summed E-state index contributed by atoms with van der Waals surface area (Å²) in [6.07, 6.45) is 0. The minimum absolute atomic E-state index is 0.0202. The van der Waals surface area contributed by atoms with Crippen molar-refractivity contribution in [1.82, 2.24) is 10.2 Å². The summed E-state index contributed by atoms with van der Waals surface area (Å²) in [5.74, 6) is -1.00. The zero-order valence-corrected chi connectivity index (χ0v) is 12.5. The zero-order chi connectivity index (χ0) is 14.6. The van der Waals surface area contributed by atoms with E-state index in [1.807, 2.05) is 32.8 Å². The van der Waals surface area contributed by atoms with Crippen LogP contribution in [-0.4, -0.2) is 38.0 Å². The molecule has 0 aliphatic rings. The third-order valence-corrected chi connectivity index (χ3v) is 2.88. The molecule has 106 valence electrons. The van der Waals surface area contributed by atoms with Crippen LogP contribution in [0.5, 0.6) is 0 Å². The van der Waals surface area contributed by atoms with Gasteiger partial charge < -0.3 is 10.2 Å². The number of benzene rings is 1. The number of halogens is 2. The maximum absolute atomic E-state index is 13.5. The molecule has 0 saturated carbocycles. The number of hydrogen-bond acceptors (Lipinski definition) is 2. The van der Waals surface area contributed by atoms with Crippen LogP contribution in [0.4, 0.5) is 4.39 Å². The standard InChI is InChI=1S/C14H20ClFN2O/c1-14(2,9-18(3)4)8-17-13(19)11-7-10(15)5-6-12(11)16/h5-7H,8-9H2,1-4H3,(H,17,19). The summed E-state index contributed by atoms with van der Waals surface area (Å²) in [5, 5.41) is 3.09. The lowest BCUT2D eigenvalue weighted by molar-refractivity contribution is 0.0925. The lowest BCUT2D eigenvalue weighted by Gasteiger charge is -2.28. The summed E-state index contributed by atoms with van der Waals surface area (Å²) in [4.78, 5) is 14.0. The van der Waals surface area contributed by atoms with Gasteiger partial charge in [0.2, 0.25) is 0 Å². The van der Waals surface area contributed by atoms with Crippen molar-refractivity contribution in [3.05, 3.63) is 34.6 Å². The Hall–Kier alpha value is -1.13. The predicted octanol–water partition coefficient (Wildman–Crippen LogP) is 2.80. The number of rotatable bonds is 5. The minimum Gasteiger partial charge on any atom is -0.351 e. The molecule has 0 radical (unpaired) electrons. The first-order valence-electron chi connectivity index (χ1n) is 6.09. The lowest BCUT2D eigenvalue weighted by atomic mass is 9.93. The second kappa shape index (κ2) is 6.35. The van der Waals surface area contributed by atoms with Crippen molar-refractivity contribution in [3.63, 3.8) is 0 Å². The molecule has 0 bridgehead atoms. The lowest BCUT2D eigenvalue weighted by Crippen LogP contribution is -2.40. The van der Waals surface area contributed by atoms with Crippen LogP contribution in [0.15, 0.2) is 18.2 Å². The number of nitrogens with zero attached hydrogens (tertiary/aromatic N) is 1. The molecule has 0 aromatic heterocycles. The van der Waals surface area contributed by atoms with Gasteiger partial charge in [-0.3, -0.25) is 4.79 Å². The smallest absolute Gasteiger partial charge is 0.254 e. The van der Waals surface area contributed by atoms with Gasteiger partial charge in [-0.15, -0.1) is 0 Å². The summed E-state index contributed by atoms with van der Waals surface area (Å²) in [6, 6.07) is 3.96. The molecule has 3 nitrogen and oxygen atoms in total. The Kier molecular flexibility index (Phi) is 5.32. The molecule has 1 N–H and O–H groups in total. The van der Waals surface area contributed by atoms with E-state index in [4.69, 9.17) is 11.6 Å². The van der Waals surface area contributed by atoms with E-state index in [0.717, 1.165) is 6.54 Å². The molecular formula is C14H20ClFN2O. The summed E-state index contributed by atoms with van der Waals surface area (Å²) < 4.78 is 13.5. The van der Waals surface area contributed by atoms with Gasteiger partial charge in [0, 0.05) is 18.1 Å². The van der Waals surface area contributed by atoms with E-state index in [2.05, 4.69) is 5.32 Å². The molecule has 0 aliphatic heterocycles. The second-order valence-corrected chi connectivity index (χ2v) is 6.15. The Morgan fingerprint density at radius 1 is 1.42 bits per heavy atom.